The average molecular weight is 436 g/mol. The normalized spacial score (nSPS) is 14.4. The molecule has 1 N–H and O–H groups in total. The molecule has 1 aliphatic rings. The topological polar surface area (TPSA) is 58.4 Å². The maximum Gasteiger partial charge on any atom is 0.257 e. The number of nitrogens with zero attached hydrogens (tertiary/aromatic N) is 2. The Bertz CT molecular complexity index is 1000. The van der Waals surface area contributed by atoms with E-state index in [0.717, 1.165) is 37.3 Å². The number of aromatic nitrogens is 1. The van der Waals surface area contributed by atoms with Crippen LogP contribution in [0.1, 0.15) is 19.3 Å². The van der Waals surface area contributed by atoms with Crippen LogP contribution in [0.15, 0.2) is 46.0 Å². The fourth-order valence-corrected chi connectivity index (χ4v) is 4.41. The highest BCUT2D eigenvalue weighted by molar-refractivity contribution is 7.99. The maximum absolute atomic E-state index is 12.5. The number of thioether (sulfide) groups is 1. The third-order valence-electron chi connectivity index (χ3n) is 4.59. The SMILES string of the molecule is O=C(CSc1nc2cc(Cl)ccc2o1)Nc1cccc(Cl)c1N1CCCCC1. The molecule has 0 radical (unpaired) electrons. The van der Waals surface area contributed by atoms with E-state index >= 15 is 0 Å². The van der Waals surface area contributed by atoms with Crippen molar-refractivity contribution in [3.05, 3.63) is 46.4 Å². The van der Waals surface area contributed by atoms with Gasteiger partial charge in [-0.05, 0) is 49.6 Å². The number of carbonyl (C=O) groups excluding carboxylic acids is 1. The zero-order valence-electron chi connectivity index (χ0n) is 15.1. The summed E-state index contributed by atoms with van der Waals surface area (Å²) in [5, 5.41) is 4.68. The van der Waals surface area contributed by atoms with E-state index in [-0.39, 0.29) is 11.7 Å². The highest BCUT2D eigenvalue weighted by Gasteiger charge is 2.19. The zero-order chi connectivity index (χ0) is 19.5. The minimum atomic E-state index is -0.134. The molecule has 0 bridgehead atoms. The fraction of sp³-hybridized carbons (Fsp3) is 0.300. The molecule has 1 saturated heterocycles. The van der Waals surface area contributed by atoms with Crippen molar-refractivity contribution >= 4 is 63.3 Å². The Morgan fingerprint density at radius 1 is 1.18 bits per heavy atom. The predicted octanol–water partition coefficient (Wildman–Crippen LogP) is 5.86. The van der Waals surface area contributed by atoms with Crippen molar-refractivity contribution in [2.24, 2.45) is 0 Å². The van der Waals surface area contributed by atoms with Crippen LogP contribution in [-0.2, 0) is 4.79 Å². The molecule has 3 aromatic rings. The number of oxazole rings is 1. The first-order valence-electron chi connectivity index (χ1n) is 9.12. The van der Waals surface area contributed by atoms with Crippen LogP contribution < -0.4 is 10.2 Å². The van der Waals surface area contributed by atoms with Crippen molar-refractivity contribution < 1.29 is 9.21 Å². The minimum absolute atomic E-state index is 0.134. The van der Waals surface area contributed by atoms with Gasteiger partial charge in [-0.3, -0.25) is 4.79 Å². The molecular formula is C20H19Cl2N3O2S. The molecule has 0 unspecified atom stereocenters. The van der Waals surface area contributed by atoms with Crippen LogP contribution in [0, 0.1) is 0 Å². The predicted molar refractivity (Wildman–Crippen MR) is 116 cm³/mol. The molecule has 0 spiro atoms. The summed E-state index contributed by atoms with van der Waals surface area (Å²) in [5.41, 5.74) is 2.97. The van der Waals surface area contributed by atoms with Gasteiger partial charge in [0.25, 0.3) is 5.22 Å². The average Bonchev–Trinajstić information content (AvgIpc) is 3.09. The number of nitrogens with one attached hydrogen (secondary N) is 1. The second kappa shape index (κ2) is 8.64. The van der Waals surface area contributed by atoms with Gasteiger partial charge in [0.1, 0.15) is 5.52 Å². The van der Waals surface area contributed by atoms with Crippen molar-refractivity contribution in [3.8, 4) is 0 Å². The molecule has 1 amide bonds. The maximum atomic E-state index is 12.5. The lowest BCUT2D eigenvalue weighted by molar-refractivity contribution is -0.113. The molecule has 1 aliphatic heterocycles. The summed E-state index contributed by atoms with van der Waals surface area (Å²) in [5.74, 6) is 0.0535. The molecule has 0 aliphatic carbocycles. The summed E-state index contributed by atoms with van der Waals surface area (Å²) in [4.78, 5) is 19.1. The van der Waals surface area contributed by atoms with Gasteiger partial charge in [0.05, 0.1) is 22.2 Å². The lowest BCUT2D eigenvalue weighted by atomic mass is 10.1. The number of para-hydroxylation sites is 1. The standard InChI is InChI=1S/C20H19Cl2N3O2S/c21-13-7-8-17-16(11-13)24-20(27-17)28-12-18(26)23-15-6-4-5-14(22)19(15)25-9-2-1-3-10-25/h4-8,11H,1-3,9-10,12H2,(H,23,26). The largest absolute Gasteiger partial charge is 0.431 e. The van der Waals surface area contributed by atoms with E-state index in [1.165, 1.54) is 18.2 Å². The number of benzene rings is 2. The van der Waals surface area contributed by atoms with E-state index in [9.17, 15) is 4.79 Å². The molecule has 5 nitrogen and oxygen atoms in total. The van der Waals surface area contributed by atoms with Crippen LogP contribution in [0.2, 0.25) is 10.0 Å². The Labute approximate surface area is 177 Å². The van der Waals surface area contributed by atoms with Gasteiger partial charge in [0.15, 0.2) is 5.58 Å². The van der Waals surface area contributed by atoms with E-state index in [1.807, 2.05) is 18.2 Å². The van der Waals surface area contributed by atoms with Crippen LogP contribution in [0.25, 0.3) is 11.1 Å². The van der Waals surface area contributed by atoms with Gasteiger partial charge in [0, 0.05) is 18.1 Å². The third kappa shape index (κ3) is 4.40. The second-order valence-corrected chi connectivity index (χ2v) is 8.38. The first-order valence-corrected chi connectivity index (χ1v) is 10.9. The van der Waals surface area contributed by atoms with Crippen molar-refractivity contribution in [3.63, 3.8) is 0 Å². The number of amides is 1. The van der Waals surface area contributed by atoms with Crippen LogP contribution in [0.5, 0.6) is 0 Å². The number of hydrogen-bond donors (Lipinski definition) is 1. The molecule has 2 heterocycles. The van der Waals surface area contributed by atoms with Gasteiger partial charge in [-0.25, -0.2) is 4.98 Å². The van der Waals surface area contributed by atoms with E-state index in [0.29, 0.717) is 26.4 Å². The van der Waals surface area contributed by atoms with Gasteiger partial charge in [-0.1, -0.05) is 41.0 Å². The quantitative estimate of drug-likeness (QED) is 0.508. The fourth-order valence-electron chi connectivity index (χ4n) is 3.31. The Balaban J connectivity index is 1.44. The first-order chi connectivity index (χ1) is 13.6. The molecule has 2 aromatic carbocycles. The van der Waals surface area contributed by atoms with E-state index in [1.54, 1.807) is 18.2 Å². The molecule has 0 saturated carbocycles. The van der Waals surface area contributed by atoms with Crippen molar-refractivity contribution in [1.82, 2.24) is 4.98 Å². The highest BCUT2D eigenvalue weighted by atomic mass is 35.5. The molecule has 4 rings (SSSR count). The molecular weight excluding hydrogens is 417 g/mol. The number of hydrogen-bond acceptors (Lipinski definition) is 5. The number of fused-ring (bicyclic) bond motifs is 1. The third-order valence-corrected chi connectivity index (χ3v) is 5.96. The van der Waals surface area contributed by atoms with E-state index in [4.69, 9.17) is 27.6 Å². The van der Waals surface area contributed by atoms with Crippen LogP contribution in [-0.4, -0.2) is 29.7 Å². The molecule has 28 heavy (non-hydrogen) atoms. The number of carbonyl (C=O) groups is 1. The van der Waals surface area contributed by atoms with E-state index in [2.05, 4.69) is 15.2 Å². The number of halogens is 2. The summed E-state index contributed by atoms with van der Waals surface area (Å²) >= 11 is 13.7. The van der Waals surface area contributed by atoms with Gasteiger partial charge in [-0.15, -0.1) is 0 Å². The van der Waals surface area contributed by atoms with Gasteiger partial charge in [0.2, 0.25) is 5.91 Å². The van der Waals surface area contributed by atoms with Crippen LogP contribution >= 0.6 is 35.0 Å². The monoisotopic (exact) mass is 435 g/mol. The molecule has 1 fully saturated rings. The van der Waals surface area contributed by atoms with Crippen LogP contribution in [0.4, 0.5) is 11.4 Å². The van der Waals surface area contributed by atoms with Gasteiger partial charge in [-0.2, -0.15) is 0 Å². The minimum Gasteiger partial charge on any atom is -0.431 e. The van der Waals surface area contributed by atoms with E-state index < -0.39 is 0 Å². The summed E-state index contributed by atoms with van der Waals surface area (Å²) in [6.45, 7) is 1.90. The summed E-state index contributed by atoms with van der Waals surface area (Å²) < 4.78 is 5.65. The summed E-state index contributed by atoms with van der Waals surface area (Å²) in [6.07, 6.45) is 3.50. The molecule has 0 atom stereocenters. The lowest BCUT2D eigenvalue weighted by Crippen LogP contribution is -2.30. The Morgan fingerprint density at radius 3 is 2.82 bits per heavy atom. The smallest absolute Gasteiger partial charge is 0.257 e. The van der Waals surface area contributed by atoms with Gasteiger partial charge >= 0.3 is 0 Å². The zero-order valence-corrected chi connectivity index (χ0v) is 17.4. The van der Waals surface area contributed by atoms with Crippen molar-refractivity contribution in [2.75, 3.05) is 29.1 Å². The number of piperidine rings is 1. The molecule has 8 heteroatoms. The second-order valence-electron chi connectivity index (χ2n) is 6.61. The highest BCUT2D eigenvalue weighted by Crippen LogP contribution is 2.36. The lowest BCUT2D eigenvalue weighted by Gasteiger charge is -2.31. The van der Waals surface area contributed by atoms with Crippen molar-refractivity contribution in [1.29, 1.82) is 0 Å². The Kier molecular flexibility index (Phi) is 5.99. The summed E-state index contributed by atoms with van der Waals surface area (Å²) in [7, 11) is 0. The number of anilines is 2. The molecule has 1 aromatic heterocycles. The number of rotatable bonds is 5. The Morgan fingerprint density at radius 2 is 2.00 bits per heavy atom. The van der Waals surface area contributed by atoms with Crippen LogP contribution in [0.3, 0.4) is 0 Å². The first kappa shape index (κ1) is 19.4. The Hall–Kier alpha value is -1.89. The van der Waals surface area contributed by atoms with Crippen molar-refractivity contribution in [2.45, 2.75) is 24.5 Å². The van der Waals surface area contributed by atoms with Gasteiger partial charge < -0.3 is 14.6 Å². The summed E-state index contributed by atoms with van der Waals surface area (Å²) in [6, 6.07) is 10.9. The molecule has 146 valence electrons.